The van der Waals surface area contributed by atoms with E-state index in [1.54, 1.807) is 11.3 Å². The zero-order valence-electron chi connectivity index (χ0n) is 14.9. The normalized spacial score (nSPS) is 10.7. The van der Waals surface area contributed by atoms with Gasteiger partial charge in [0.25, 0.3) is 0 Å². The topological polar surface area (TPSA) is 15.9 Å². The minimum atomic E-state index is 1.10. The monoisotopic (exact) mass is 357 g/mol. The average Bonchev–Trinajstić information content (AvgIpc) is 3.08. The predicted molar refractivity (Wildman–Crippen MR) is 110 cm³/mol. The maximum Gasteiger partial charge on any atom is 0.344 e. The molecule has 0 aliphatic carbocycles. The molecular weight excluding hydrogens is 336 g/mol. The van der Waals surface area contributed by atoms with Crippen LogP contribution in [0.15, 0.2) is 84.2 Å². The third-order valence-corrected chi connectivity index (χ3v) is 5.39. The van der Waals surface area contributed by atoms with E-state index in [9.17, 15) is 0 Å². The third kappa shape index (κ3) is 3.14. The van der Waals surface area contributed by atoms with Crippen LogP contribution in [0.1, 0.15) is 11.1 Å². The van der Waals surface area contributed by atoms with Crippen molar-refractivity contribution < 1.29 is 4.57 Å². The third-order valence-electron chi connectivity index (χ3n) is 4.54. The maximum atomic E-state index is 3.64. The van der Waals surface area contributed by atoms with Crippen molar-refractivity contribution >= 4 is 22.2 Å². The zero-order chi connectivity index (χ0) is 17.9. The van der Waals surface area contributed by atoms with E-state index in [1.807, 2.05) is 0 Å². The number of aryl methyl sites for hydroxylation is 2. The summed E-state index contributed by atoms with van der Waals surface area (Å²) >= 11 is 1.73. The fraction of sp³-hybridized carbons (Fsp3) is 0.0870. The summed E-state index contributed by atoms with van der Waals surface area (Å²) in [5.41, 5.74) is 7.23. The molecule has 0 saturated carbocycles. The molecule has 0 radical (unpaired) electrons. The molecule has 0 saturated heterocycles. The first-order chi connectivity index (χ1) is 12.7. The molecule has 0 amide bonds. The highest BCUT2D eigenvalue weighted by Gasteiger charge is 2.23. The molecule has 0 aliphatic rings. The Morgan fingerprint density at radius 3 is 2.12 bits per heavy atom. The predicted octanol–water partition coefficient (Wildman–Crippen LogP) is 6.05. The van der Waals surface area contributed by atoms with Gasteiger partial charge in [0.1, 0.15) is 11.4 Å². The molecule has 3 aromatic carbocycles. The molecule has 0 fully saturated rings. The number of benzene rings is 3. The van der Waals surface area contributed by atoms with E-state index < -0.39 is 0 Å². The van der Waals surface area contributed by atoms with Crippen molar-refractivity contribution in [2.24, 2.45) is 0 Å². The van der Waals surface area contributed by atoms with Crippen LogP contribution in [0.5, 0.6) is 0 Å². The largest absolute Gasteiger partial charge is 0.344 e. The van der Waals surface area contributed by atoms with Gasteiger partial charge in [-0.2, -0.15) is 4.57 Å². The molecule has 0 aliphatic heterocycles. The fourth-order valence-corrected chi connectivity index (χ4v) is 4.04. The Kier molecular flexibility index (Phi) is 4.55. The summed E-state index contributed by atoms with van der Waals surface area (Å²) < 4.78 is 2.32. The highest BCUT2D eigenvalue weighted by Crippen LogP contribution is 2.29. The lowest BCUT2D eigenvalue weighted by atomic mass is 10.1. The number of hydrogen-bond acceptors (Lipinski definition) is 2. The lowest BCUT2D eigenvalue weighted by molar-refractivity contribution is -0.564. The van der Waals surface area contributed by atoms with Gasteiger partial charge < -0.3 is 0 Å². The van der Waals surface area contributed by atoms with Crippen LogP contribution in [0.25, 0.3) is 16.9 Å². The van der Waals surface area contributed by atoms with Crippen molar-refractivity contribution in [1.82, 2.24) is 0 Å². The van der Waals surface area contributed by atoms with E-state index in [1.165, 1.54) is 28.1 Å². The molecule has 128 valence electrons. The van der Waals surface area contributed by atoms with Crippen LogP contribution in [0.2, 0.25) is 0 Å². The number of thiazole rings is 1. The van der Waals surface area contributed by atoms with Crippen LogP contribution in [0.4, 0.5) is 10.8 Å². The number of aromatic nitrogens is 1. The van der Waals surface area contributed by atoms with Crippen molar-refractivity contribution in [2.75, 3.05) is 5.32 Å². The van der Waals surface area contributed by atoms with E-state index >= 15 is 0 Å². The Balaban J connectivity index is 1.89. The summed E-state index contributed by atoms with van der Waals surface area (Å²) in [5.74, 6) is 0. The molecule has 1 heterocycles. The smallest absolute Gasteiger partial charge is 0.231 e. The standard InChI is InChI=1S/C23H20N2S/c1-17-10-6-8-14-20(17)24-23-25(21-15-9-7-11-18(21)2)22(16-26-23)19-12-4-3-5-13-19/h3-16H,1-2H3/p+1. The average molecular weight is 358 g/mol. The molecule has 0 unspecified atom stereocenters. The molecule has 0 spiro atoms. The quantitative estimate of drug-likeness (QED) is 0.439. The van der Waals surface area contributed by atoms with Gasteiger partial charge in [-0.3, -0.25) is 0 Å². The number of rotatable bonds is 4. The van der Waals surface area contributed by atoms with Gasteiger partial charge in [0, 0.05) is 10.9 Å². The van der Waals surface area contributed by atoms with E-state index in [2.05, 4.69) is 108 Å². The molecule has 1 N–H and O–H groups in total. The highest BCUT2D eigenvalue weighted by atomic mass is 32.1. The van der Waals surface area contributed by atoms with Crippen molar-refractivity contribution in [3.05, 3.63) is 95.4 Å². The molecule has 4 rings (SSSR count). The lowest BCUT2D eigenvalue weighted by Gasteiger charge is -2.09. The van der Waals surface area contributed by atoms with Crippen molar-refractivity contribution in [3.63, 3.8) is 0 Å². The number of hydrogen-bond donors (Lipinski definition) is 1. The second kappa shape index (κ2) is 7.14. The Morgan fingerprint density at radius 2 is 1.38 bits per heavy atom. The first kappa shape index (κ1) is 16.6. The molecule has 3 heteroatoms. The number of anilines is 2. The van der Waals surface area contributed by atoms with Gasteiger partial charge in [0.2, 0.25) is 0 Å². The summed E-state index contributed by atoms with van der Waals surface area (Å²) in [6.07, 6.45) is 0. The van der Waals surface area contributed by atoms with E-state index in [0.717, 1.165) is 10.8 Å². The molecule has 1 aromatic heterocycles. The second-order valence-electron chi connectivity index (χ2n) is 6.35. The Morgan fingerprint density at radius 1 is 0.731 bits per heavy atom. The molecule has 2 nitrogen and oxygen atoms in total. The summed E-state index contributed by atoms with van der Waals surface area (Å²) in [6.45, 7) is 4.29. The molecular formula is C23H21N2S+. The Hall–Kier alpha value is -2.91. The van der Waals surface area contributed by atoms with E-state index in [-0.39, 0.29) is 0 Å². The lowest BCUT2D eigenvalue weighted by Crippen LogP contribution is -2.34. The summed E-state index contributed by atoms with van der Waals surface area (Å²) in [7, 11) is 0. The van der Waals surface area contributed by atoms with Gasteiger partial charge >= 0.3 is 5.13 Å². The first-order valence-corrected chi connectivity index (χ1v) is 9.59. The minimum Gasteiger partial charge on any atom is -0.231 e. The van der Waals surface area contributed by atoms with Crippen molar-refractivity contribution in [1.29, 1.82) is 0 Å². The molecule has 0 atom stereocenters. The Bertz CT molecular complexity index is 1040. The van der Waals surface area contributed by atoms with Gasteiger partial charge in [-0.15, -0.1) is 0 Å². The van der Waals surface area contributed by atoms with Crippen LogP contribution in [-0.2, 0) is 0 Å². The van der Waals surface area contributed by atoms with Gasteiger partial charge in [-0.1, -0.05) is 78.1 Å². The molecule has 26 heavy (non-hydrogen) atoms. The van der Waals surface area contributed by atoms with E-state index in [4.69, 9.17) is 0 Å². The fourth-order valence-electron chi connectivity index (χ4n) is 3.10. The highest BCUT2D eigenvalue weighted by molar-refractivity contribution is 7.13. The van der Waals surface area contributed by atoms with Crippen LogP contribution in [0.3, 0.4) is 0 Å². The first-order valence-electron chi connectivity index (χ1n) is 8.71. The minimum absolute atomic E-state index is 1.10. The SMILES string of the molecule is Cc1ccccc1Nc1scc(-c2ccccc2)[n+]1-c1ccccc1C. The van der Waals surface area contributed by atoms with Crippen LogP contribution in [-0.4, -0.2) is 0 Å². The maximum absolute atomic E-state index is 3.64. The van der Waals surface area contributed by atoms with E-state index in [0.29, 0.717) is 0 Å². The van der Waals surface area contributed by atoms with Crippen LogP contribution >= 0.6 is 11.3 Å². The van der Waals surface area contributed by atoms with Gasteiger partial charge in [0.15, 0.2) is 5.69 Å². The summed E-state index contributed by atoms with van der Waals surface area (Å²) in [5, 5.41) is 6.97. The van der Waals surface area contributed by atoms with Crippen molar-refractivity contribution in [3.8, 4) is 16.9 Å². The molecule has 0 bridgehead atoms. The van der Waals surface area contributed by atoms with Gasteiger partial charge in [-0.05, 0) is 37.1 Å². The summed E-state index contributed by atoms with van der Waals surface area (Å²) in [6, 6.07) is 27.5. The van der Waals surface area contributed by atoms with Crippen molar-refractivity contribution in [2.45, 2.75) is 13.8 Å². The summed E-state index contributed by atoms with van der Waals surface area (Å²) in [4.78, 5) is 0. The van der Waals surface area contributed by atoms with Crippen LogP contribution in [0, 0.1) is 13.8 Å². The number of nitrogens with zero attached hydrogens (tertiary/aromatic N) is 1. The van der Waals surface area contributed by atoms with Crippen LogP contribution < -0.4 is 9.88 Å². The Labute approximate surface area is 158 Å². The second-order valence-corrected chi connectivity index (χ2v) is 7.21. The molecule has 4 aromatic rings. The number of nitrogens with one attached hydrogen (secondary N) is 1. The number of para-hydroxylation sites is 2. The zero-order valence-corrected chi connectivity index (χ0v) is 15.8. The van der Waals surface area contributed by atoms with Gasteiger partial charge in [0.05, 0.1) is 0 Å². The van der Waals surface area contributed by atoms with Gasteiger partial charge in [-0.25, -0.2) is 5.32 Å².